The fourth-order valence-corrected chi connectivity index (χ4v) is 1.66. The van der Waals surface area contributed by atoms with Gasteiger partial charge in [0.2, 0.25) is 5.82 Å². The van der Waals surface area contributed by atoms with Crippen LogP contribution in [0.3, 0.4) is 0 Å². The second-order valence-corrected chi connectivity index (χ2v) is 4.79. The molecule has 0 radical (unpaired) electrons. The van der Waals surface area contributed by atoms with Gasteiger partial charge < -0.3 is 4.74 Å². The maximum Gasteiger partial charge on any atom is 0.201 e. The number of rotatable bonds is 4. The summed E-state index contributed by atoms with van der Waals surface area (Å²) in [6.07, 6.45) is 7.87. The van der Waals surface area contributed by atoms with Crippen LogP contribution in [0.4, 0.5) is 8.78 Å². The molecule has 3 heteroatoms. The molecule has 90 valence electrons. The quantitative estimate of drug-likeness (QED) is 0.769. The summed E-state index contributed by atoms with van der Waals surface area (Å²) < 4.78 is 32.6. The maximum absolute atomic E-state index is 13.7. The van der Waals surface area contributed by atoms with E-state index in [-0.39, 0.29) is 11.9 Å². The minimum atomic E-state index is -0.866. The molecule has 17 heavy (non-hydrogen) atoms. The van der Waals surface area contributed by atoms with Crippen molar-refractivity contribution in [2.75, 3.05) is 0 Å². The summed E-state index contributed by atoms with van der Waals surface area (Å²) in [6.45, 7) is 0. The summed E-state index contributed by atoms with van der Waals surface area (Å²) >= 11 is 0. The van der Waals surface area contributed by atoms with Crippen LogP contribution in [0.15, 0.2) is 18.2 Å². The summed E-state index contributed by atoms with van der Waals surface area (Å²) in [7, 11) is 0. The fourth-order valence-electron chi connectivity index (χ4n) is 1.66. The Bertz CT molecular complexity index is 460. The van der Waals surface area contributed by atoms with Crippen LogP contribution in [0.2, 0.25) is 0 Å². The van der Waals surface area contributed by atoms with Crippen LogP contribution in [0.1, 0.15) is 31.2 Å². The van der Waals surface area contributed by atoms with Gasteiger partial charge in [-0.3, -0.25) is 0 Å². The highest BCUT2D eigenvalue weighted by atomic mass is 19.2. The Morgan fingerprint density at radius 2 is 1.82 bits per heavy atom. The number of halogens is 2. The van der Waals surface area contributed by atoms with Crippen molar-refractivity contribution in [3.63, 3.8) is 0 Å². The molecule has 0 amide bonds. The lowest BCUT2D eigenvalue weighted by Gasteiger charge is -2.07. The van der Waals surface area contributed by atoms with Crippen LogP contribution in [-0.2, 0) is 0 Å². The minimum absolute atomic E-state index is 0.0357. The average Bonchev–Trinajstić information content (AvgIpc) is 3.17. The Balaban J connectivity index is 1.81. The molecule has 1 aromatic rings. The van der Waals surface area contributed by atoms with Crippen molar-refractivity contribution in [3.05, 3.63) is 35.4 Å². The van der Waals surface area contributed by atoms with Crippen LogP contribution in [0.5, 0.6) is 5.75 Å². The smallest absolute Gasteiger partial charge is 0.201 e. The molecule has 0 bridgehead atoms. The summed E-state index contributed by atoms with van der Waals surface area (Å²) in [5.41, 5.74) is 0.303. The molecule has 0 saturated heterocycles. The first kappa shape index (κ1) is 10.8. The average molecular weight is 236 g/mol. The molecule has 0 spiro atoms. The van der Waals surface area contributed by atoms with E-state index in [1.807, 2.05) is 6.08 Å². The van der Waals surface area contributed by atoms with Gasteiger partial charge in [0.1, 0.15) is 0 Å². The Labute approximate surface area is 99.1 Å². The molecular weight excluding hydrogens is 222 g/mol. The highest BCUT2D eigenvalue weighted by molar-refractivity contribution is 5.52. The zero-order valence-electron chi connectivity index (χ0n) is 9.46. The Morgan fingerprint density at radius 3 is 2.47 bits per heavy atom. The molecule has 2 aliphatic carbocycles. The third-order valence-corrected chi connectivity index (χ3v) is 3.06. The Kier molecular flexibility index (Phi) is 2.61. The monoisotopic (exact) mass is 236 g/mol. The van der Waals surface area contributed by atoms with E-state index in [1.54, 1.807) is 12.1 Å². The van der Waals surface area contributed by atoms with Crippen LogP contribution in [-0.4, -0.2) is 6.10 Å². The van der Waals surface area contributed by atoms with E-state index in [2.05, 4.69) is 0 Å². The zero-order chi connectivity index (χ0) is 11.8. The molecule has 0 atom stereocenters. The molecule has 2 aliphatic rings. The highest BCUT2D eigenvalue weighted by Gasteiger charge is 2.26. The van der Waals surface area contributed by atoms with E-state index >= 15 is 0 Å². The molecule has 2 fully saturated rings. The normalized spacial score (nSPS) is 19.9. The van der Waals surface area contributed by atoms with E-state index in [9.17, 15) is 8.78 Å². The molecule has 0 unspecified atom stereocenters. The lowest BCUT2D eigenvalue weighted by Crippen LogP contribution is -2.01. The second kappa shape index (κ2) is 4.13. The van der Waals surface area contributed by atoms with E-state index in [0.29, 0.717) is 11.5 Å². The van der Waals surface area contributed by atoms with E-state index in [4.69, 9.17) is 4.74 Å². The first-order valence-corrected chi connectivity index (χ1v) is 6.07. The molecule has 0 N–H and O–H groups in total. The lowest BCUT2D eigenvalue weighted by molar-refractivity contribution is 0.282. The van der Waals surface area contributed by atoms with Gasteiger partial charge in [0.15, 0.2) is 11.6 Å². The molecule has 1 nitrogen and oxygen atoms in total. The van der Waals surface area contributed by atoms with Crippen molar-refractivity contribution in [3.8, 4) is 5.75 Å². The summed E-state index contributed by atoms with van der Waals surface area (Å²) in [4.78, 5) is 0. The molecular formula is C14H14F2O. The van der Waals surface area contributed by atoms with Crippen LogP contribution in [0.25, 0.3) is 6.08 Å². The zero-order valence-corrected chi connectivity index (χ0v) is 9.46. The summed E-state index contributed by atoms with van der Waals surface area (Å²) in [5.74, 6) is -1.08. The van der Waals surface area contributed by atoms with Gasteiger partial charge in [-0.15, -0.1) is 0 Å². The van der Waals surface area contributed by atoms with Gasteiger partial charge in [-0.05, 0) is 43.7 Å². The van der Waals surface area contributed by atoms with E-state index < -0.39 is 11.6 Å². The highest BCUT2D eigenvalue weighted by Crippen LogP contribution is 2.33. The summed E-state index contributed by atoms with van der Waals surface area (Å²) in [6, 6.07) is 3.10. The first-order valence-electron chi connectivity index (χ1n) is 6.07. The summed E-state index contributed by atoms with van der Waals surface area (Å²) in [5, 5.41) is 0. The van der Waals surface area contributed by atoms with Crippen LogP contribution >= 0.6 is 0 Å². The number of allylic oxidation sites excluding steroid dienone is 1. The third kappa shape index (κ3) is 2.48. The minimum Gasteiger partial charge on any atom is -0.487 e. The van der Waals surface area contributed by atoms with Crippen LogP contribution in [0, 0.1) is 17.6 Å². The molecule has 0 aliphatic heterocycles. The maximum atomic E-state index is 13.7. The number of hydrogen-bond acceptors (Lipinski definition) is 1. The van der Waals surface area contributed by atoms with Gasteiger partial charge in [0.05, 0.1) is 6.10 Å². The first-order chi connectivity index (χ1) is 8.24. The van der Waals surface area contributed by atoms with Crippen molar-refractivity contribution in [2.24, 2.45) is 5.92 Å². The van der Waals surface area contributed by atoms with Crippen molar-refractivity contribution in [1.29, 1.82) is 0 Å². The van der Waals surface area contributed by atoms with Gasteiger partial charge in [-0.25, -0.2) is 4.39 Å². The molecule has 3 rings (SSSR count). The van der Waals surface area contributed by atoms with Crippen molar-refractivity contribution < 1.29 is 13.5 Å². The SMILES string of the molecule is Fc1c(/C=C/C2CC2)ccc(OC2CC2)c1F. The van der Waals surface area contributed by atoms with Gasteiger partial charge in [0.25, 0.3) is 0 Å². The van der Waals surface area contributed by atoms with Crippen molar-refractivity contribution in [1.82, 2.24) is 0 Å². The third-order valence-electron chi connectivity index (χ3n) is 3.06. The van der Waals surface area contributed by atoms with E-state index in [0.717, 1.165) is 25.7 Å². The second-order valence-electron chi connectivity index (χ2n) is 4.79. The topological polar surface area (TPSA) is 9.23 Å². The number of benzene rings is 1. The van der Waals surface area contributed by atoms with Crippen LogP contribution < -0.4 is 4.74 Å². The van der Waals surface area contributed by atoms with Crippen molar-refractivity contribution in [2.45, 2.75) is 31.8 Å². The molecule has 1 aromatic carbocycles. The van der Waals surface area contributed by atoms with Gasteiger partial charge >= 0.3 is 0 Å². The van der Waals surface area contributed by atoms with Gasteiger partial charge in [-0.1, -0.05) is 12.2 Å². The standard InChI is InChI=1S/C14H14F2O/c15-13-10(4-3-9-1-2-9)5-8-12(14(13)16)17-11-6-7-11/h3-5,8-9,11H,1-2,6-7H2/b4-3+. The predicted octanol–water partition coefficient (Wildman–Crippen LogP) is 3.93. The number of ether oxygens (including phenoxy) is 1. The number of hydrogen-bond donors (Lipinski definition) is 0. The van der Waals surface area contributed by atoms with Gasteiger partial charge in [0, 0.05) is 5.56 Å². The lowest BCUT2D eigenvalue weighted by atomic mass is 10.1. The predicted molar refractivity (Wildman–Crippen MR) is 61.8 cm³/mol. The molecule has 0 heterocycles. The fraction of sp³-hybridized carbons (Fsp3) is 0.429. The van der Waals surface area contributed by atoms with Crippen molar-refractivity contribution >= 4 is 6.08 Å². The Hall–Kier alpha value is -1.38. The molecule has 0 aromatic heterocycles. The largest absolute Gasteiger partial charge is 0.487 e. The molecule has 2 saturated carbocycles. The van der Waals surface area contributed by atoms with E-state index in [1.165, 1.54) is 6.07 Å². The Morgan fingerprint density at radius 1 is 1.06 bits per heavy atom. The van der Waals surface area contributed by atoms with Gasteiger partial charge in [-0.2, -0.15) is 4.39 Å².